The normalized spacial score (nSPS) is 60.9. The highest BCUT2D eigenvalue weighted by atomic mass is 16.7. The van der Waals surface area contributed by atoms with Gasteiger partial charge in [0.15, 0.2) is 5.79 Å². The SMILES string of the molecule is CC1CC[C@@]2(OC1)OC1CC3C4CCC5C[C@@H](O)CC[C@]5(C)C4CC(=O)[C@]3(C)C1C2C. The van der Waals surface area contributed by atoms with Crippen molar-refractivity contribution in [1.29, 1.82) is 0 Å². The van der Waals surface area contributed by atoms with Crippen LogP contribution < -0.4 is 0 Å². The number of ether oxygens (including phenoxy) is 2. The van der Waals surface area contributed by atoms with Gasteiger partial charge in [0.05, 0.1) is 18.8 Å². The van der Waals surface area contributed by atoms with Gasteiger partial charge in [-0.15, -0.1) is 0 Å². The summed E-state index contributed by atoms with van der Waals surface area (Å²) in [5.74, 6) is 3.45. The second kappa shape index (κ2) is 6.79. The summed E-state index contributed by atoms with van der Waals surface area (Å²) in [6.07, 6.45) is 9.39. The molecule has 174 valence electrons. The average Bonchev–Trinajstić information content (AvgIpc) is 3.18. The minimum atomic E-state index is -0.448. The van der Waals surface area contributed by atoms with Crippen molar-refractivity contribution in [2.24, 2.45) is 52.3 Å². The van der Waals surface area contributed by atoms with E-state index in [0.717, 1.165) is 51.6 Å². The largest absolute Gasteiger partial charge is 0.393 e. The molecule has 6 rings (SSSR count). The van der Waals surface area contributed by atoms with Crippen LogP contribution in [0.5, 0.6) is 0 Å². The Bertz CT molecular complexity index is 756. The fourth-order valence-corrected chi connectivity index (χ4v) is 9.93. The van der Waals surface area contributed by atoms with Crippen molar-refractivity contribution in [3.63, 3.8) is 0 Å². The fourth-order valence-electron chi connectivity index (χ4n) is 9.93. The number of aliphatic hydroxyl groups excluding tert-OH is 1. The molecule has 0 amide bonds. The molecule has 6 fully saturated rings. The monoisotopic (exact) mass is 430 g/mol. The molecule has 31 heavy (non-hydrogen) atoms. The first-order chi connectivity index (χ1) is 14.7. The zero-order valence-electron chi connectivity index (χ0n) is 19.9. The second-order valence-electron chi connectivity index (χ2n) is 13.0. The molecule has 4 aliphatic carbocycles. The highest BCUT2D eigenvalue weighted by molar-refractivity contribution is 5.87. The van der Waals surface area contributed by atoms with Gasteiger partial charge in [-0.1, -0.05) is 27.7 Å². The van der Waals surface area contributed by atoms with Crippen molar-refractivity contribution in [2.45, 2.75) is 103 Å². The van der Waals surface area contributed by atoms with E-state index in [2.05, 4.69) is 27.7 Å². The van der Waals surface area contributed by atoms with E-state index in [0.29, 0.717) is 41.3 Å². The number of aliphatic hydroxyl groups is 1. The van der Waals surface area contributed by atoms with E-state index < -0.39 is 5.79 Å². The zero-order chi connectivity index (χ0) is 21.8. The van der Waals surface area contributed by atoms with Gasteiger partial charge in [-0.3, -0.25) is 4.79 Å². The summed E-state index contributed by atoms with van der Waals surface area (Å²) in [6, 6.07) is 0. The average molecular weight is 431 g/mol. The van der Waals surface area contributed by atoms with Crippen molar-refractivity contribution in [3.8, 4) is 0 Å². The second-order valence-corrected chi connectivity index (χ2v) is 13.0. The lowest BCUT2D eigenvalue weighted by Crippen LogP contribution is -2.58. The Morgan fingerprint density at radius 1 is 1.00 bits per heavy atom. The van der Waals surface area contributed by atoms with Crippen molar-refractivity contribution < 1.29 is 19.4 Å². The van der Waals surface area contributed by atoms with Gasteiger partial charge in [-0.05, 0) is 80.0 Å². The Hall–Kier alpha value is -0.450. The minimum Gasteiger partial charge on any atom is -0.393 e. The lowest BCUT2D eigenvalue weighted by atomic mass is 9.44. The predicted molar refractivity (Wildman–Crippen MR) is 118 cm³/mol. The third-order valence-corrected chi connectivity index (χ3v) is 11.8. The first-order valence-corrected chi connectivity index (χ1v) is 13.2. The van der Waals surface area contributed by atoms with Gasteiger partial charge in [-0.25, -0.2) is 0 Å². The Balaban J connectivity index is 1.30. The Morgan fingerprint density at radius 2 is 1.81 bits per heavy atom. The van der Waals surface area contributed by atoms with E-state index >= 15 is 0 Å². The Kier molecular flexibility index (Phi) is 4.62. The van der Waals surface area contributed by atoms with Gasteiger partial charge < -0.3 is 14.6 Å². The summed E-state index contributed by atoms with van der Waals surface area (Å²) in [5, 5.41) is 10.3. The van der Waals surface area contributed by atoms with Crippen LogP contribution in [0.3, 0.4) is 0 Å². The van der Waals surface area contributed by atoms with Gasteiger partial charge in [0.2, 0.25) is 0 Å². The smallest absolute Gasteiger partial charge is 0.171 e. The van der Waals surface area contributed by atoms with E-state index in [9.17, 15) is 9.90 Å². The number of hydrogen-bond donors (Lipinski definition) is 1. The number of carbonyl (C=O) groups is 1. The van der Waals surface area contributed by atoms with Crippen molar-refractivity contribution in [1.82, 2.24) is 0 Å². The molecule has 1 spiro atoms. The lowest BCUT2D eigenvalue weighted by Gasteiger charge is -2.60. The van der Waals surface area contributed by atoms with Crippen LogP contribution in [0, 0.1) is 52.3 Å². The third-order valence-electron chi connectivity index (χ3n) is 11.8. The van der Waals surface area contributed by atoms with Crippen LogP contribution in [-0.2, 0) is 14.3 Å². The molecule has 12 atom stereocenters. The van der Waals surface area contributed by atoms with Crippen molar-refractivity contribution in [2.75, 3.05) is 6.61 Å². The number of hydrogen-bond acceptors (Lipinski definition) is 4. The van der Waals surface area contributed by atoms with E-state index in [1.54, 1.807) is 0 Å². The van der Waals surface area contributed by atoms with Gasteiger partial charge in [-0.2, -0.15) is 0 Å². The first-order valence-electron chi connectivity index (χ1n) is 13.2. The summed E-state index contributed by atoms with van der Waals surface area (Å²) < 4.78 is 13.2. The van der Waals surface area contributed by atoms with Crippen LogP contribution in [0.25, 0.3) is 0 Å². The molecule has 4 saturated carbocycles. The lowest BCUT2D eigenvalue weighted by molar-refractivity contribution is -0.272. The molecular weight excluding hydrogens is 388 g/mol. The summed E-state index contributed by atoms with van der Waals surface area (Å²) in [7, 11) is 0. The molecule has 0 aromatic heterocycles. The zero-order valence-corrected chi connectivity index (χ0v) is 19.9. The number of Topliss-reactive ketones (excluding diaryl/α,β-unsaturated/α-hetero) is 1. The van der Waals surface area contributed by atoms with Gasteiger partial charge in [0.25, 0.3) is 0 Å². The maximum Gasteiger partial charge on any atom is 0.171 e. The maximum atomic E-state index is 14.0. The van der Waals surface area contributed by atoms with Gasteiger partial charge in [0.1, 0.15) is 5.78 Å². The first kappa shape index (κ1) is 21.1. The summed E-state index contributed by atoms with van der Waals surface area (Å²) in [6.45, 7) is 10.1. The molecule has 2 aliphatic heterocycles. The molecular formula is C27H42O4. The van der Waals surface area contributed by atoms with Crippen LogP contribution in [0.2, 0.25) is 0 Å². The summed E-state index contributed by atoms with van der Waals surface area (Å²) >= 11 is 0. The summed E-state index contributed by atoms with van der Waals surface area (Å²) in [5.41, 5.74) is -0.0221. The third kappa shape index (κ3) is 2.68. The molecule has 4 nitrogen and oxygen atoms in total. The standard InChI is InChI=1S/C27H42O4/c1-15-7-10-27(30-14-15)16(2)24-22(31-27)12-21-19-6-5-17-11-18(28)8-9-25(17,3)20(19)13-23(29)26(21,24)4/h15-22,24,28H,5-14H2,1-4H3/t15?,16?,17?,18-,19?,20?,21?,22?,24?,25-,26+,27+/m0/s1. The molecule has 0 radical (unpaired) electrons. The van der Waals surface area contributed by atoms with Gasteiger partial charge >= 0.3 is 0 Å². The van der Waals surface area contributed by atoms with Crippen molar-refractivity contribution in [3.05, 3.63) is 0 Å². The molecule has 0 bridgehead atoms. The van der Waals surface area contributed by atoms with Crippen LogP contribution in [-0.4, -0.2) is 35.5 Å². The number of rotatable bonds is 0. The highest BCUT2D eigenvalue weighted by Gasteiger charge is 2.71. The van der Waals surface area contributed by atoms with Crippen LogP contribution >= 0.6 is 0 Å². The molecule has 1 N–H and O–H groups in total. The van der Waals surface area contributed by atoms with Crippen LogP contribution in [0.15, 0.2) is 0 Å². The number of carbonyl (C=O) groups excluding carboxylic acids is 1. The van der Waals surface area contributed by atoms with Crippen LogP contribution in [0.1, 0.15) is 85.5 Å². The maximum absolute atomic E-state index is 14.0. The molecule has 0 aromatic rings. The molecule has 6 aliphatic rings. The van der Waals surface area contributed by atoms with E-state index in [1.165, 1.54) is 12.8 Å². The van der Waals surface area contributed by atoms with E-state index in [1.807, 2.05) is 0 Å². The topological polar surface area (TPSA) is 55.8 Å². The van der Waals surface area contributed by atoms with Gasteiger partial charge in [0, 0.05) is 30.1 Å². The molecule has 4 heteroatoms. The summed E-state index contributed by atoms with van der Waals surface area (Å²) in [4.78, 5) is 14.0. The molecule has 8 unspecified atom stereocenters. The molecule has 0 aromatic carbocycles. The van der Waals surface area contributed by atoms with Crippen molar-refractivity contribution >= 4 is 5.78 Å². The van der Waals surface area contributed by atoms with E-state index in [4.69, 9.17) is 9.47 Å². The highest BCUT2D eigenvalue weighted by Crippen LogP contribution is 2.70. The predicted octanol–water partition coefficient (Wildman–Crippen LogP) is 4.97. The molecule has 2 heterocycles. The Morgan fingerprint density at radius 3 is 2.55 bits per heavy atom. The van der Waals surface area contributed by atoms with Crippen LogP contribution in [0.4, 0.5) is 0 Å². The number of ketones is 1. The molecule has 2 saturated heterocycles. The van der Waals surface area contributed by atoms with E-state index in [-0.39, 0.29) is 29.0 Å². The quantitative estimate of drug-likeness (QED) is 0.589. The fraction of sp³-hybridized carbons (Fsp3) is 0.963. The Labute approximate surface area is 187 Å². The number of fused-ring (bicyclic) bond motifs is 7. The minimum absolute atomic E-state index is 0.131.